The number of sulfonamides is 1. The Morgan fingerprint density at radius 3 is 2.55 bits per heavy atom. The number of rotatable bonds is 6. The fourth-order valence-electron chi connectivity index (χ4n) is 6.12. The Hall–Kier alpha value is -2.64. The number of amides is 2. The summed E-state index contributed by atoms with van der Waals surface area (Å²) in [6.07, 6.45) is 1.22. The molecule has 3 aliphatic rings. The summed E-state index contributed by atoms with van der Waals surface area (Å²) in [6.45, 7) is 4.94. The van der Waals surface area contributed by atoms with Crippen molar-refractivity contribution >= 4 is 44.3 Å². The molecule has 206 valence electrons. The minimum Gasteiger partial charge on any atom is -0.492 e. The van der Waals surface area contributed by atoms with Gasteiger partial charge in [0.05, 0.1) is 26.8 Å². The highest BCUT2D eigenvalue weighted by molar-refractivity contribution is 7.89. The number of piperidine rings is 1. The maximum Gasteiger partial charge on any atom is 0.288 e. The van der Waals surface area contributed by atoms with Gasteiger partial charge in [0.25, 0.3) is 15.9 Å². The quantitative estimate of drug-likeness (QED) is 0.416. The molecule has 11 nitrogen and oxygen atoms in total. The van der Waals surface area contributed by atoms with Gasteiger partial charge in [0.15, 0.2) is 5.76 Å². The number of carbonyl (C=O) groups is 2. The standard InChI is InChI=1S/C25H32ClN5O6S/c1-17(37-4)23(33)29-9-7-24(8-10-29)14-31-22(32)13-30(15-25(31,16-36-3)28(24)2)38(34,35)21-12-18-11-19(26)5-6-20(18)27-21/h5-6,11-12,27H,1,7-10,13-16H2,2-4H3. The fraction of sp³-hybridized carbons (Fsp3) is 0.520. The summed E-state index contributed by atoms with van der Waals surface area (Å²) in [4.78, 5) is 34.6. The number of methoxy groups -OCH3 is 2. The molecule has 13 heteroatoms. The summed E-state index contributed by atoms with van der Waals surface area (Å²) in [5.41, 5.74) is -0.787. The van der Waals surface area contributed by atoms with E-state index >= 15 is 0 Å². The number of piperazine rings is 1. The van der Waals surface area contributed by atoms with E-state index in [1.807, 2.05) is 7.05 Å². The van der Waals surface area contributed by atoms with Gasteiger partial charge in [-0.25, -0.2) is 8.42 Å². The number of benzene rings is 1. The number of hydrogen-bond acceptors (Lipinski definition) is 7. The van der Waals surface area contributed by atoms with Crippen LogP contribution in [0.3, 0.4) is 0 Å². The highest BCUT2D eigenvalue weighted by Gasteiger charge is 2.63. The lowest BCUT2D eigenvalue weighted by molar-refractivity contribution is -0.152. The highest BCUT2D eigenvalue weighted by Crippen LogP contribution is 2.45. The second-order valence-corrected chi connectivity index (χ2v) is 12.6. The van der Waals surface area contributed by atoms with E-state index in [2.05, 4.69) is 16.5 Å². The molecule has 3 saturated heterocycles. The van der Waals surface area contributed by atoms with Crippen LogP contribution in [0.1, 0.15) is 12.8 Å². The van der Waals surface area contributed by atoms with Crippen LogP contribution in [0.15, 0.2) is 41.6 Å². The van der Waals surface area contributed by atoms with E-state index in [9.17, 15) is 18.0 Å². The molecular weight excluding hydrogens is 534 g/mol. The van der Waals surface area contributed by atoms with Crippen LogP contribution in [-0.2, 0) is 29.1 Å². The van der Waals surface area contributed by atoms with Gasteiger partial charge in [-0.1, -0.05) is 18.2 Å². The van der Waals surface area contributed by atoms with Gasteiger partial charge >= 0.3 is 0 Å². The highest BCUT2D eigenvalue weighted by atomic mass is 35.5. The normalized spacial score (nSPS) is 24.3. The van der Waals surface area contributed by atoms with Crippen LogP contribution in [0.2, 0.25) is 5.02 Å². The molecule has 38 heavy (non-hydrogen) atoms. The van der Waals surface area contributed by atoms with Crippen LogP contribution in [0, 0.1) is 0 Å². The largest absolute Gasteiger partial charge is 0.492 e. The molecule has 3 fully saturated rings. The van der Waals surface area contributed by atoms with Crippen molar-refractivity contribution in [3.05, 3.63) is 41.6 Å². The van der Waals surface area contributed by atoms with Gasteiger partial charge in [-0.05, 0) is 44.2 Å². The van der Waals surface area contributed by atoms with E-state index in [1.54, 1.807) is 35.1 Å². The Labute approximate surface area is 226 Å². The Morgan fingerprint density at radius 1 is 1.18 bits per heavy atom. The SMILES string of the molecule is C=C(OC)C(=O)N1CCC2(CC1)CN1C(=O)CN(S(=O)(=O)c3cc4cc(Cl)ccc4[nH]3)CC1(COC)N2C. The Kier molecular flexibility index (Phi) is 6.75. The van der Waals surface area contributed by atoms with Crippen molar-refractivity contribution in [2.24, 2.45) is 0 Å². The van der Waals surface area contributed by atoms with Crippen molar-refractivity contribution in [2.45, 2.75) is 29.1 Å². The van der Waals surface area contributed by atoms with E-state index in [0.29, 0.717) is 48.4 Å². The number of hydrogen-bond donors (Lipinski definition) is 1. The number of aromatic nitrogens is 1. The van der Waals surface area contributed by atoms with Gasteiger partial charge in [-0.15, -0.1) is 0 Å². The first-order valence-corrected chi connectivity index (χ1v) is 14.1. The molecule has 3 aliphatic heterocycles. The minimum atomic E-state index is -4.03. The first kappa shape index (κ1) is 26.9. The lowest BCUT2D eigenvalue weighted by Gasteiger charge is -2.50. The Balaban J connectivity index is 1.44. The maximum atomic E-state index is 13.8. The van der Waals surface area contributed by atoms with Crippen LogP contribution >= 0.6 is 11.6 Å². The third-order valence-electron chi connectivity index (χ3n) is 8.35. The van der Waals surface area contributed by atoms with Gasteiger partial charge < -0.3 is 24.3 Å². The number of likely N-dealkylation sites (N-methyl/N-ethyl adjacent to an activating group) is 1. The zero-order valence-corrected chi connectivity index (χ0v) is 23.3. The molecule has 0 radical (unpaired) electrons. The van der Waals surface area contributed by atoms with Gasteiger partial charge in [-0.2, -0.15) is 4.31 Å². The van der Waals surface area contributed by atoms with E-state index in [0.717, 1.165) is 0 Å². The van der Waals surface area contributed by atoms with Crippen molar-refractivity contribution in [3.8, 4) is 0 Å². The summed E-state index contributed by atoms with van der Waals surface area (Å²) in [5.74, 6) is -0.449. The molecule has 1 spiro atoms. The fourth-order valence-corrected chi connectivity index (χ4v) is 7.75. The average molecular weight is 566 g/mol. The predicted molar refractivity (Wildman–Crippen MR) is 141 cm³/mol. The number of nitrogens with zero attached hydrogens (tertiary/aromatic N) is 4. The molecule has 0 saturated carbocycles. The van der Waals surface area contributed by atoms with Crippen LogP contribution in [0.25, 0.3) is 10.9 Å². The van der Waals surface area contributed by atoms with Crippen molar-refractivity contribution < 1.29 is 27.5 Å². The lowest BCUT2D eigenvalue weighted by Crippen LogP contribution is -2.70. The van der Waals surface area contributed by atoms with Crippen LogP contribution in [0.4, 0.5) is 0 Å². The molecule has 1 N–H and O–H groups in total. The van der Waals surface area contributed by atoms with Gasteiger partial charge in [-0.3, -0.25) is 14.5 Å². The smallest absolute Gasteiger partial charge is 0.288 e. The number of nitrogens with one attached hydrogen (secondary N) is 1. The molecule has 0 bridgehead atoms. The molecule has 4 heterocycles. The number of halogens is 1. The zero-order valence-electron chi connectivity index (χ0n) is 21.7. The third-order valence-corrected chi connectivity index (χ3v) is 10.3. The second-order valence-electron chi connectivity index (χ2n) is 10.2. The summed E-state index contributed by atoms with van der Waals surface area (Å²) in [7, 11) is 0.841. The van der Waals surface area contributed by atoms with Crippen LogP contribution in [-0.4, -0.2) is 116 Å². The molecule has 1 aromatic carbocycles. The number of ether oxygens (including phenoxy) is 2. The van der Waals surface area contributed by atoms with Crippen molar-refractivity contribution in [1.82, 2.24) is 24.0 Å². The number of aromatic amines is 1. The van der Waals surface area contributed by atoms with E-state index in [-0.39, 0.29) is 42.3 Å². The minimum absolute atomic E-state index is 0.00383. The second kappa shape index (κ2) is 9.53. The summed E-state index contributed by atoms with van der Waals surface area (Å²) >= 11 is 6.08. The molecular formula is C25H32ClN5O6S. The monoisotopic (exact) mass is 565 g/mol. The first-order valence-electron chi connectivity index (χ1n) is 12.3. The number of likely N-dealkylation sites (tertiary alicyclic amines) is 1. The van der Waals surface area contributed by atoms with Crippen LogP contribution in [0.5, 0.6) is 0 Å². The third kappa shape index (κ3) is 4.10. The molecule has 2 aromatic rings. The number of fused-ring (bicyclic) bond motifs is 2. The zero-order chi connectivity index (χ0) is 27.5. The Bertz CT molecular complexity index is 1400. The molecule has 5 rings (SSSR count). The number of H-pyrrole nitrogens is 1. The summed E-state index contributed by atoms with van der Waals surface area (Å²) < 4.78 is 39.4. The topological polar surface area (TPSA) is 115 Å². The molecule has 0 aliphatic carbocycles. The molecule has 1 atom stereocenters. The molecule has 1 aromatic heterocycles. The van der Waals surface area contributed by atoms with Gasteiger partial charge in [0, 0.05) is 48.2 Å². The van der Waals surface area contributed by atoms with E-state index in [4.69, 9.17) is 21.1 Å². The van der Waals surface area contributed by atoms with Crippen LogP contribution < -0.4 is 0 Å². The summed E-state index contributed by atoms with van der Waals surface area (Å²) in [5, 5.41) is 1.17. The molecule has 1 unspecified atom stereocenters. The maximum absolute atomic E-state index is 13.8. The van der Waals surface area contributed by atoms with Crippen molar-refractivity contribution in [3.63, 3.8) is 0 Å². The van der Waals surface area contributed by atoms with E-state index < -0.39 is 21.2 Å². The number of carbonyl (C=O) groups excluding carboxylic acids is 2. The lowest BCUT2D eigenvalue weighted by atomic mass is 9.86. The van der Waals surface area contributed by atoms with Crippen molar-refractivity contribution in [1.29, 1.82) is 0 Å². The first-order chi connectivity index (χ1) is 18.0. The van der Waals surface area contributed by atoms with Crippen molar-refractivity contribution in [2.75, 3.05) is 60.6 Å². The van der Waals surface area contributed by atoms with Gasteiger partial charge in [0.2, 0.25) is 5.91 Å². The average Bonchev–Trinajstić information content (AvgIpc) is 3.42. The molecule has 2 amide bonds. The van der Waals surface area contributed by atoms with E-state index in [1.165, 1.54) is 17.5 Å². The summed E-state index contributed by atoms with van der Waals surface area (Å²) in [6, 6.07) is 6.63. The van der Waals surface area contributed by atoms with Gasteiger partial charge in [0.1, 0.15) is 10.7 Å². The Morgan fingerprint density at radius 2 is 1.89 bits per heavy atom. The predicted octanol–water partition coefficient (Wildman–Crippen LogP) is 1.46.